The molecule has 2 aliphatic carbocycles. The molecule has 0 radical (unpaired) electrons. The molecule has 4 fully saturated rings. The molecule has 20 heteroatoms. The van der Waals surface area contributed by atoms with E-state index in [0.29, 0.717) is 79.7 Å². The van der Waals surface area contributed by atoms with Crippen molar-refractivity contribution in [1.29, 1.82) is 0 Å². The van der Waals surface area contributed by atoms with E-state index in [1.165, 1.54) is 18.7 Å². The topological polar surface area (TPSA) is 238 Å². The molecule has 1 saturated carbocycles. The summed E-state index contributed by atoms with van der Waals surface area (Å²) in [6, 6.07) is 3.00. The van der Waals surface area contributed by atoms with Gasteiger partial charge in [0.05, 0.1) is 33.8 Å². The molecule has 64 heavy (non-hydrogen) atoms. The number of anilines is 3. The number of hydrogen-bond donors (Lipinski definition) is 4. The second kappa shape index (κ2) is 16.4. The predicted octanol–water partition coefficient (Wildman–Crippen LogP) is 3.12. The standard InChI is InChI=1S/C44H52N12O7S/c1-25-26(2)52-53-37(25)51-38-29-18-34(64(61,62)43(3,4)5)33(19-32(29)47-24-48-38)63-17-7-12-54-13-15-55(16-14-54)42-45-21-27(22-46-42)39(58)49-31-9-6-8-28-30(31)23-56(40(28)59)35-20-44(35)11-10-36(57)50-41(44)60/h6,8-9,18-19,21-22,24,28,30,35H,7,10-17,20,23H2,1-5H3,(H,49,58)(H,50,57,60)(H2,47,48,51,52,53). The number of aromatic amines is 1. The first-order valence-corrected chi connectivity index (χ1v) is 23.1. The van der Waals surface area contributed by atoms with E-state index in [2.05, 4.69) is 55.9 Å². The van der Waals surface area contributed by atoms with Gasteiger partial charge < -0.3 is 25.2 Å². The molecule has 4 amide bonds. The van der Waals surface area contributed by atoms with Crippen LogP contribution in [0.1, 0.15) is 68.1 Å². The molecule has 4 aromatic rings. The Balaban J connectivity index is 0.771. The number of sulfone groups is 1. The minimum atomic E-state index is -3.83. The van der Waals surface area contributed by atoms with E-state index in [9.17, 15) is 27.6 Å². The maximum absolute atomic E-state index is 13.9. The zero-order valence-corrected chi connectivity index (χ0v) is 37.3. The second-order valence-corrected chi connectivity index (χ2v) is 20.9. The van der Waals surface area contributed by atoms with Gasteiger partial charge in [-0.25, -0.2) is 28.4 Å². The van der Waals surface area contributed by atoms with Gasteiger partial charge in [-0.2, -0.15) is 5.10 Å². The van der Waals surface area contributed by atoms with Gasteiger partial charge in [-0.15, -0.1) is 0 Å². The van der Waals surface area contributed by atoms with Crippen LogP contribution in [-0.2, 0) is 24.2 Å². The van der Waals surface area contributed by atoms with Gasteiger partial charge in [0.1, 0.15) is 22.8 Å². The van der Waals surface area contributed by atoms with Crippen molar-refractivity contribution in [1.82, 2.24) is 50.6 Å². The highest BCUT2D eigenvalue weighted by atomic mass is 32.2. The molecule has 6 heterocycles. The second-order valence-electron chi connectivity index (χ2n) is 18.2. The average molecular weight is 893 g/mol. The number of amides is 4. The summed E-state index contributed by atoms with van der Waals surface area (Å²) in [5.41, 5.74) is 2.56. The predicted molar refractivity (Wildman–Crippen MR) is 235 cm³/mol. The summed E-state index contributed by atoms with van der Waals surface area (Å²) >= 11 is 0. The van der Waals surface area contributed by atoms with Crippen molar-refractivity contribution >= 4 is 62.0 Å². The van der Waals surface area contributed by atoms with Crippen molar-refractivity contribution in [2.75, 3.05) is 56.1 Å². The van der Waals surface area contributed by atoms with Gasteiger partial charge in [0, 0.05) is 98.4 Å². The lowest BCUT2D eigenvalue weighted by Crippen LogP contribution is -2.47. The first-order chi connectivity index (χ1) is 30.5. The lowest BCUT2D eigenvalue weighted by molar-refractivity contribution is -0.138. The number of aryl methyl sites for hydroxylation is 1. The normalized spacial score (nSPS) is 23.6. The number of carbonyl (C=O) groups is 4. The maximum atomic E-state index is 13.9. The molecule has 1 spiro atoms. The van der Waals surface area contributed by atoms with Crippen molar-refractivity contribution in [3.8, 4) is 5.75 Å². The van der Waals surface area contributed by atoms with Crippen LogP contribution >= 0.6 is 0 Å². The van der Waals surface area contributed by atoms with Crippen LogP contribution in [0.4, 0.5) is 17.6 Å². The number of rotatable bonds is 12. The molecule has 336 valence electrons. The van der Waals surface area contributed by atoms with E-state index in [1.807, 2.05) is 19.9 Å². The molecular weight excluding hydrogens is 841 g/mol. The van der Waals surface area contributed by atoms with Gasteiger partial charge in [-0.3, -0.25) is 34.5 Å². The Morgan fingerprint density at radius 1 is 1.02 bits per heavy atom. The fourth-order valence-corrected chi connectivity index (χ4v) is 10.4. The first kappa shape index (κ1) is 43.0. The van der Waals surface area contributed by atoms with Crippen LogP contribution in [0, 0.1) is 31.1 Å². The number of fused-ring (bicyclic) bond motifs is 2. The molecule has 4 unspecified atom stereocenters. The summed E-state index contributed by atoms with van der Waals surface area (Å²) in [6.45, 7) is 13.1. The van der Waals surface area contributed by atoms with E-state index in [0.717, 1.165) is 30.9 Å². The van der Waals surface area contributed by atoms with E-state index in [-0.39, 0.29) is 58.2 Å². The number of aromatic nitrogens is 6. The Hall–Kier alpha value is -6.28. The van der Waals surface area contributed by atoms with Crippen molar-refractivity contribution in [2.24, 2.45) is 17.3 Å². The lowest BCUT2D eigenvalue weighted by Gasteiger charge is -2.34. The molecule has 4 atom stereocenters. The highest BCUT2D eigenvalue weighted by molar-refractivity contribution is 7.92. The number of allylic oxidation sites excluding steroid dienone is 2. The molecule has 3 saturated heterocycles. The van der Waals surface area contributed by atoms with Crippen molar-refractivity contribution in [2.45, 2.75) is 76.0 Å². The SMILES string of the molecule is Cc1[nH]nc(Nc2ncnc3cc(OCCCN4CCN(c5ncc(C(=O)NC6=CC=CC7C(=O)N(C8CC89CCC(=O)NC9=O)CC67)cn5)CC4)c(S(=O)(=O)C(C)(C)C)cc23)c1C. The molecule has 1 aromatic carbocycles. The molecule has 4 N–H and O–H groups in total. The van der Waals surface area contributed by atoms with Crippen LogP contribution in [0.3, 0.4) is 0 Å². The fraction of sp³-hybridized carbons (Fsp3) is 0.477. The van der Waals surface area contributed by atoms with Crippen LogP contribution in [0.5, 0.6) is 5.75 Å². The highest BCUT2D eigenvalue weighted by Gasteiger charge is 2.66. The Bertz CT molecular complexity index is 2720. The highest BCUT2D eigenvalue weighted by Crippen LogP contribution is 2.56. The summed E-state index contributed by atoms with van der Waals surface area (Å²) in [5, 5.41) is 16.4. The number of piperidine rings is 1. The first-order valence-electron chi connectivity index (χ1n) is 21.6. The van der Waals surface area contributed by atoms with Gasteiger partial charge >= 0.3 is 0 Å². The monoisotopic (exact) mass is 892 g/mol. The van der Waals surface area contributed by atoms with Crippen LogP contribution in [0.25, 0.3) is 10.9 Å². The summed E-state index contributed by atoms with van der Waals surface area (Å²) < 4.78 is 32.9. The lowest BCUT2D eigenvalue weighted by atomic mass is 9.88. The Kier molecular flexibility index (Phi) is 11.0. The molecule has 3 aromatic heterocycles. The number of piperazine rings is 1. The number of imide groups is 1. The summed E-state index contributed by atoms with van der Waals surface area (Å²) in [7, 11) is -3.83. The minimum absolute atomic E-state index is 0.0749. The zero-order valence-electron chi connectivity index (χ0n) is 36.5. The molecular formula is C44H52N12O7S. The number of likely N-dealkylation sites (tertiary alicyclic amines) is 1. The van der Waals surface area contributed by atoms with E-state index >= 15 is 0 Å². The number of benzene rings is 1. The smallest absolute Gasteiger partial charge is 0.258 e. The largest absolute Gasteiger partial charge is 0.492 e. The molecule has 3 aliphatic heterocycles. The molecule has 5 aliphatic rings. The number of ether oxygens (including phenoxy) is 1. The van der Waals surface area contributed by atoms with Crippen LogP contribution < -0.4 is 25.6 Å². The minimum Gasteiger partial charge on any atom is -0.492 e. The molecule has 19 nitrogen and oxygen atoms in total. The Labute approximate surface area is 370 Å². The van der Waals surface area contributed by atoms with E-state index < -0.39 is 25.9 Å². The summed E-state index contributed by atoms with van der Waals surface area (Å²) in [4.78, 5) is 75.4. The Morgan fingerprint density at radius 2 is 1.78 bits per heavy atom. The van der Waals surface area contributed by atoms with E-state index in [4.69, 9.17) is 4.74 Å². The van der Waals surface area contributed by atoms with Gasteiger partial charge in [-0.05, 0) is 66.0 Å². The maximum Gasteiger partial charge on any atom is 0.258 e. The third-order valence-electron chi connectivity index (χ3n) is 13.3. The fourth-order valence-electron chi connectivity index (χ4n) is 9.06. The number of nitrogens with one attached hydrogen (secondary N) is 4. The van der Waals surface area contributed by atoms with Crippen molar-refractivity contribution in [3.63, 3.8) is 0 Å². The summed E-state index contributed by atoms with van der Waals surface area (Å²) in [5.74, 6) is 0.0359. The van der Waals surface area contributed by atoms with Gasteiger partial charge in [0.15, 0.2) is 15.7 Å². The Morgan fingerprint density at radius 3 is 2.48 bits per heavy atom. The quantitative estimate of drug-likeness (QED) is 0.118. The molecule has 0 bridgehead atoms. The number of carbonyl (C=O) groups excluding carboxylic acids is 4. The molecule has 9 rings (SSSR count). The van der Waals surface area contributed by atoms with Gasteiger partial charge in [0.2, 0.25) is 23.7 Å². The number of hydrogen-bond acceptors (Lipinski definition) is 15. The number of nitrogens with zero attached hydrogens (tertiary/aromatic N) is 8. The van der Waals surface area contributed by atoms with Gasteiger partial charge in [-0.1, -0.05) is 12.2 Å². The van der Waals surface area contributed by atoms with Crippen LogP contribution in [0.2, 0.25) is 0 Å². The number of H-pyrrole nitrogens is 1. The van der Waals surface area contributed by atoms with E-state index in [1.54, 1.807) is 50.0 Å². The average Bonchev–Trinajstić information content (AvgIpc) is 3.78. The van der Waals surface area contributed by atoms with Crippen LogP contribution in [-0.4, -0.2) is 129 Å². The van der Waals surface area contributed by atoms with Crippen LogP contribution in [0.15, 0.2) is 59.7 Å². The van der Waals surface area contributed by atoms with Gasteiger partial charge in [0.25, 0.3) is 5.91 Å². The third kappa shape index (κ3) is 7.86. The van der Waals surface area contributed by atoms with Crippen molar-refractivity contribution in [3.05, 3.63) is 71.6 Å². The summed E-state index contributed by atoms with van der Waals surface area (Å²) in [6.07, 6.45) is 11.7. The zero-order chi connectivity index (χ0) is 45.1. The van der Waals surface area contributed by atoms with Crippen molar-refractivity contribution < 1.29 is 32.3 Å². The third-order valence-corrected chi connectivity index (χ3v) is 15.8.